The minimum atomic E-state index is 0.0970. The van der Waals surface area contributed by atoms with Gasteiger partial charge in [0.2, 0.25) is 0 Å². The number of carbonyl (C=O) groups is 1. The molecule has 1 saturated heterocycles. The summed E-state index contributed by atoms with van der Waals surface area (Å²) in [5.41, 5.74) is 6.46. The van der Waals surface area contributed by atoms with Crippen molar-refractivity contribution in [2.75, 3.05) is 31.1 Å². The standard InChI is InChI=1S/C21H24N4O/c1-14-5-4-6-20(15(14)2)24-9-11-25(12-10-24)21(26)17-7-8-18-19(13-17)23-16(3)22-18/h4-8,13H,9-12H2,1-3H3,(H,22,23). The van der Waals surface area contributed by atoms with Gasteiger partial charge in [-0.25, -0.2) is 4.98 Å². The predicted octanol–water partition coefficient (Wildman–Crippen LogP) is 3.45. The number of anilines is 1. The van der Waals surface area contributed by atoms with Crippen molar-refractivity contribution < 1.29 is 4.79 Å². The number of aryl methyl sites for hydroxylation is 2. The lowest BCUT2D eigenvalue weighted by Gasteiger charge is -2.37. The summed E-state index contributed by atoms with van der Waals surface area (Å²) < 4.78 is 0. The number of H-pyrrole nitrogens is 1. The molecule has 2 heterocycles. The molecule has 0 spiro atoms. The van der Waals surface area contributed by atoms with Crippen molar-refractivity contribution in [3.05, 3.63) is 58.9 Å². The zero-order chi connectivity index (χ0) is 18.3. The Morgan fingerprint density at radius 2 is 1.81 bits per heavy atom. The van der Waals surface area contributed by atoms with Crippen LogP contribution in [0.2, 0.25) is 0 Å². The van der Waals surface area contributed by atoms with Crippen LogP contribution in [0.1, 0.15) is 27.3 Å². The predicted molar refractivity (Wildman–Crippen MR) is 105 cm³/mol. The number of amides is 1. The van der Waals surface area contributed by atoms with Gasteiger partial charge >= 0.3 is 0 Å². The molecule has 0 bridgehead atoms. The number of hydrogen-bond donors (Lipinski definition) is 1. The first-order valence-electron chi connectivity index (χ1n) is 9.10. The maximum Gasteiger partial charge on any atom is 0.254 e. The van der Waals surface area contributed by atoms with Gasteiger partial charge in [0.25, 0.3) is 5.91 Å². The third-order valence-electron chi connectivity index (χ3n) is 5.33. The Hall–Kier alpha value is -2.82. The van der Waals surface area contributed by atoms with Gasteiger partial charge in [0.15, 0.2) is 0 Å². The van der Waals surface area contributed by atoms with Crippen LogP contribution in [-0.4, -0.2) is 47.0 Å². The van der Waals surface area contributed by atoms with Crippen molar-refractivity contribution >= 4 is 22.6 Å². The summed E-state index contributed by atoms with van der Waals surface area (Å²) >= 11 is 0. The molecule has 0 atom stereocenters. The number of benzene rings is 2. The molecule has 5 nitrogen and oxygen atoms in total. The highest BCUT2D eigenvalue weighted by Crippen LogP contribution is 2.24. The van der Waals surface area contributed by atoms with Crippen LogP contribution in [0.4, 0.5) is 5.69 Å². The van der Waals surface area contributed by atoms with E-state index in [1.807, 2.05) is 30.0 Å². The third kappa shape index (κ3) is 2.94. The van der Waals surface area contributed by atoms with Crippen molar-refractivity contribution in [3.63, 3.8) is 0 Å². The molecule has 4 rings (SSSR count). The SMILES string of the molecule is Cc1nc2ccc(C(=O)N3CCN(c4cccc(C)c4C)CC3)cc2[nH]1. The van der Waals surface area contributed by atoms with Crippen molar-refractivity contribution in [3.8, 4) is 0 Å². The maximum absolute atomic E-state index is 12.9. The monoisotopic (exact) mass is 348 g/mol. The van der Waals surface area contributed by atoms with E-state index in [0.717, 1.165) is 48.6 Å². The largest absolute Gasteiger partial charge is 0.368 e. The van der Waals surface area contributed by atoms with E-state index in [2.05, 4.69) is 46.9 Å². The molecule has 0 saturated carbocycles. The highest BCUT2D eigenvalue weighted by molar-refractivity contribution is 5.97. The highest BCUT2D eigenvalue weighted by atomic mass is 16.2. The van der Waals surface area contributed by atoms with Gasteiger partial charge < -0.3 is 14.8 Å². The van der Waals surface area contributed by atoms with E-state index in [0.29, 0.717) is 0 Å². The van der Waals surface area contributed by atoms with Gasteiger partial charge in [-0.3, -0.25) is 4.79 Å². The lowest BCUT2D eigenvalue weighted by atomic mass is 10.1. The molecule has 2 aromatic carbocycles. The minimum Gasteiger partial charge on any atom is -0.368 e. The molecular weight excluding hydrogens is 324 g/mol. The fourth-order valence-corrected chi connectivity index (χ4v) is 3.68. The van der Waals surface area contributed by atoms with Crippen LogP contribution in [0.25, 0.3) is 11.0 Å². The normalized spacial score (nSPS) is 14.9. The molecule has 0 unspecified atom stereocenters. The fraction of sp³-hybridized carbons (Fsp3) is 0.333. The van der Waals surface area contributed by atoms with Crippen LogP contribution in [-0.2, 0) is 0 Å². The number of aromatic nitrogens is 2. The van der Waals surface area contributed by atoms with Crippen molar-refractivity contribution in [1.29, 1.82) is 0 Å². The van der Waals surface area contributed by atoms with Gasteiger partial charge in [-0.15, -0.1) is 0 Å². The number of nitrogens with one attached hydrogen (secondary N) is 1. The molecule has 1 fully saturated rings. The lowest BCUT2D eigenvalue weighted by molar-refractivity contribution is 0.0747. The second-order valence-electron chi connectivity index (χ2n) is 7.05. The van der Waals surface area contributed by atoms with Crippen LogP contribution in [0.3, 0.4) is 0 Å². The zero-order valence-corrected chi connectivity index (χ0v) is 15.5. The molecule has 1 aliphatic rings. The Bertz CT molecular complexity index is 967. The van der Waals surface area contributed by atoms with E-state index in [9.17, 15) is 4.79 Å². The minimum absolute atomic E-state index is 0.0970. The first-order valence-corrected chi connectivity index (χ1v) is 9.10. The fourth-order valence-electron chi connectivity index (χ4n) is 3.68. The first-order chi connectivity index (χ1) is 12.5. The number of imidazole rings is 1. The summed E-state index contributed by atoms with van der Waals surface area (Å²) in [6.07, 6.45) is 0. The molecule has 26 heavy (non-hydrogen) atoms. The number of aromatic amines is 1. The molecule has 5 heteroatoms. The van der Waals surface area contributed by atoms with Crippen molar-refractivity contribution in [2.24, 2.45) is 0 Å². The quantitative estimate of drug-likeness (QED) is 0.772. The van der Waals surface area contributed by atoms with E-state index < -0.39 is 0 Å². The van der Waals surface area contributed by atoms with E-state index in [4.69, 9.17) is 0 Å². The Morgan fingerprint density at radius 3 is 2.58 bits per heavy atom. The Labute approximate surface area is 153 Å². The van der Waals surface area contributed by atoms with E-state index >= 15 is 0 Å². The average molecular weight is 348 g/mol. The van der Waals surface area contributed by atoms with E-state index in [1.165, 1.54) is 16.8 Å². The highest BCUT2D eigenvalue weighted by Gasteiger charge is 2.23. The topological polar surface area (TPSA) is 52.2 Å². The second-order valence-corrected chi connectivity index (χ2v) is 7.05. The number of nitrogens with zero attached hydrogens (tertiary/aromatic N) is 3. The van der Waals surface area contributed by atoms with Crippen LogP contribution in [0.5, 0.6) is 0 Å². The molecule has 1 amide bonds. The van der Waals surface area contributed by atoms with Crippen molar-refractivity contribution in [1.82, 2.24) is 14.9 Å². The molecule has 3 aromatic rings. The summed E-state index contributed by atoms with van der Waals surface area (Å²) in [5.74, 6) is 0.964. The molecule has 1 N–H and O–H groups in total. The zero-order valence-electron chi connectivity index (χ0n) is 15.5. The van der Waals surface area contributed by atoms with Gasteiger partial charge in [-0.1, -0.05) is 12.1 Å². The molecule has 0 radical (unpaired) electrons. The first kappa shape index (κ1) is 16.6. The van der Waals surface area contributed by atoms with Crippen LogP contribution < -0.4 is 4.90 Å². The summed E-state index contributed by atoms with van der Waals surface area (Å²) in [6.45, 7) is 9.45. The Kier molecular flexibility index (Phi) is 4.15. The summed E-state index contributed by atoms with van der Waals surface area (Å²) in [4.78, 5) is 24.8. The lowest BCUT2D eigenvalue weighted by Crippen LogP contribution is -2.49. The number of rotatable bonds is 2. The van der Waals surface area contributed by atoms with Crippen LogP contribution >= 0.6 is 0 Å². The summed E-state index contributed by atoms with van der Waals surface area (Å²) in [6, 6.07) is 12.1. The van der Waals surface area contributed by atoms with Gasteiger partial charge in [-0.05, 0) is 56.2 Å². The summed E-state index contributed by atoms with van der Waals surface area (Å²) in [5, 5.41) is 0. The number of fused-ring (bicyclic) bond motifs is 1. The number of piperazine rings is 1. The third-order valence-corrected chi connectivity index (χ3v) is 5.33. The number of carbonyl (C=O) groups excluding carboxylic acids is 1. The molecule has 0 aliphatic carbocycles. The molecule has 134 valence electrons. The second kappa shape index (κ2) is 6.48. The van der Waals surface area contributed by atoms with Gasteiger partial charge in [0.1, 0.15) is 5.82 Å². The van der Waals surface area contributed by atoms with Crippen LogP contribution in [0, 0.1) is 20.8 Å². The van der Waals surface area contributed by atoms with E-state index in [1.54, 1.807) is 0 Å². The van der Waals surface area contributed by atoms with Gasteiger partial charge in [0, 0.05) is 37.4 Å². The molecular formula is C21H24N4O. The summed E-state index contributed by atoms with van der Waals surface area (Å²) in [7, 11) is 0. The molecule has 1 aliphatic heterocycles. The Morgan fingerprint density at radius 1 is 1.04 bits per heavy atom. The van der Waals surface area contributed by atoms with Crippen LogP contribution in [0.15, 0.2) is 36.4 Å². The van der Waals surface area contributed by atoms with Gasteiger partial charge in [0.05, 0.1) is 11.0 Å². The molecule has 1 aromatic heterocycles. The Balaban J connectivity index is 1.48. The average Bonchev–Trinajstić information content (AvgIpc) is 3.03. The van der Waals surface area contributed by atoms with Crippen molar-refractivity contribution in [2.45, 2.75) is 20.8 Å². The number of hydrogen-bond acceptors (Lipinski definition) is 3. The van der Waals surface area contributed by atoms with Gasteiger partial charge in [-0.2, -0.15) is 0 Å². The van der Waals surface area contributed by atoms with E-state index in [-0.39, 0.29) is 5.91 Å². The maximum atomic E-state index is 12.9. The smallest absolute Gasteiger partial charge is 0.254 e.